The maximum absolute atomic E-state index is 11.5. The highest BCUT2D eigenvalue weighted by Gasteiger charge is 2.11. The number of rotatable bonds is 4. The monoisotopic (exact) mass is 265 g/mol. The topological polar surface area (TPSA) is 89.6 Å². The smallest absolute Gasteiger partial charge is 0.344 e. The normalized spacial score (nSPS) is 11.1. The van der Waals surface area contributed by atoms with E-state index >= 15 is 0 Å². The number of H-pyrrole nitrogens is 1. The molecule has 0 radical (unpaired) electrons. The van der Waals surface area contributed by atoms with Crippen molar-refractivity contribution in [3.63, 3.8) is 0 Å². The van der Waals surface area contributed by atoms with Gasteiger partial charge in [-0.2, -0.15) is 0 Å². The van der Waals surface area contributed by atoms with Crippen LogP contribution in [0.15, 0.2) is 28.3 Å². The molecule has 7 heteroatoms. The van der Waals surface area contributed by atoms with Crippen LogP contribution in [0, 0.1) is 0 Å². The Bertz CT molecular complexity index is 572. The van der Waals surface area contributed by atoms with Gasteiger partial charge in [-0.05, 0) is 25.5 Å². The molecule has 0 saturated heterocycles. The summed E-state index contributed by atoms with van der Waals surface area (Å²) in [7, 11) is 0. The highest BCUT2D eigenvalue weighted by molar-refractivity contribution is 7.98. The molecule has 2 heterocycles. The van der Waals surface area contributed by atoms with Crippen LogP contribution in [-0.2, 0) is 5.75 Å². The first-order chi connectivity index (χ1) is 8.58. The molecule has 0 aliphatic heterocycles. The molecule has 0 bridgehead atoms. The maximum atomic E-state index is 11.5. The van der Waals surface area contributed by atoms with E-state index in [-0.39, 0.29) is 11.7 Å². The van der Waals surface area contributed by atoms with E-state index in [1.165, 1.54) is 11.8 Å². The van der Waals surface area contributed by atoms with Gasteiger partial charge in [-0.15, -0.1) is 5.10 Å². The van der Waals surface area contributed by atoms with Crippen molar-refractivity contribution < 1.29 is 0 Å². The van der Waals surface area contributed by atoms with E-state index in [0.29, 0.717) is 16.7 Å². The van der Waals surface area contributed by atoms with E-state index in [9.17, 15) is 4.79 Å². The molecule has 0 atom stereocenters. The van der Waals surface area contributed by atoms with Crippen molar-refractivity contribution in [2.75, 3.05) is 5.73 Å². The predicted molar refractivity (Wildman–Crippen MR) is 71.4 cm³/mol. The predicted octanol–water partition coefficient (Wildman–Crippen LogP) is 1.42. The van der Waals surface area contributed by atoms with E-state index < -0.39 is 0 Å². The second-order valence-electron chi connectivity index (χ2n) is 4.16. The SMILES string of the molecule is CC(C)n1c(SCc2ccc(N)nc2)n[nH]c1=O. The minimum absolute atomic E-state index is 0.0864. The summed E-state index contributed by atoms with van der Waals surface area (Å²) in [6.07, 6.45) is 1.73. The van der Waals surface area contributed by atoms with Gasteiger partial charge in [0.2, 0.25) is 0 Å². The number of anilines is 1. The van der Waals surface area contributed by atoms with Gasteiger partial charge in [0, 0.05) is 18.0 Å². The highest BCUT2D eigenvalue weighted by Crippen LogP contribution is 2.21. The van der Waals surface area contributed by atoms with E-state index in [0.717, 1.165) is 5.56 Å². The summed E-state index contributed by atoms with van der Waals surface area (Å²) in [5, 5.41) is 7.16. The summed E-state index contributed by atoms with van der Waals surface area (Å²) >= 11 is 1.49. The fraction of sp³-hybridized carbons (Fsp3) is 0.364. The molecule has 96 valence electrons. The Balaban J connectivity index is 2.11. The standard InChI is InChI=1S/C11H15N5OS/c1-7(2)16-10(17)14-15-11(16)18-6-8-3-4-9(12)13-5-8/h3-5,7H,6H2,1-2H3,(H2,12,13)(H,14,17). The number of nitrogens with two attached hydrogens (primary N) is 1. The van der Waals surface area contributed by atoms with Crippen molar-refractivity contribution in [1.29, 1.82) is 0 Å². The minimum atomic E-state index is -0.178. The lowest BCUT2D eigenvalue weighted by Gasteiger charge is -2.08. The van der Waals surface area contributed by atoms with Crippen LogP contribution in [0.3, 0.4) is 0 Å². The molecule has 18 heavy (non-hydrogen) atoms. The Kier molecular flexibility index (Phi) is 3.71. The summed E-state index contributed by atoms with van der Waals surface area (Å²) in [5.74, 6) is 1.20. The molecule has 6 nitrogen and oxygen atoms in total. The molecular formula is C11H15N5OS. The lowest BCUT2D eigenvalue weighted by molar-refractivity contribution is 0.534. The lowest BCUT2D eigenvalue weighted by Crippen LogP contribution is -2.19. The van der Waals surface area contributed by atoms with Gasteiger partial charge in [0.25, 0.3) is 0 Å². The fourth-order valence-electron chi connectivity index (χ4n) is 1.52. The zero-order valence-corrected chi connectivity index (χ0v) is 11.1. The van der Waals surface area contributed by atoms with Crippen molar-refractivity contribution in [1.82, 2.24) is 19.7 Å². The molecule has 0 aromatic carbocycles. The van der Waals surface area contributed by atoms with Gasteiger partial charge in [0.05, 0.1) is 0 Å². The third kappa shape index (κ3) is 2.73. The third-order valence-corrected chi connectivity index (χ3v) is 3.43. The third-order valence-electron chi connectivity index (χ3n) is 2.40. The molecule has 2 aromatic heterocycles. The Morgan fingerprint density at radius 2 is 2.28 bits per heavy atom. The second-order valence-corrected chi connectivity index (χ2v) is 5.10. The van der Waals surface area contributed by atoms with Gasteiger partial charge < -0.3 is 5.73 Å². The van der Waals surface area contributed by atoms with Crippen LogP contribution in [0.25, 0.3) is 0 Å². The van der Waals surface area contributed by atoms with Crippen molar-refractivity contribution in [3.8, 4) is 0 Å². The fourth-order valence-corrected chi connectivity index (χ4v) is 2.53. The molecule has 0 amide bonds. The Labute approximate surface area is 109 Å². The van der Waals surface area contributed by atoms with Gasteiger partial charge in [-0.3, -0.25) is 4.57 Å². The van der Waals surface area contributed by atoms with Gasteiger partial charge in [-0.25, -0.2) is 14.9 Å². The van der Waals surface area contributed by atoms with Crippen LogP contribution in [-0.4, -0.2) is 19.7 Å². The number of aromatic nitrogens is 4. The molecule has 3 N–H and O–H groups in total. The second kappa shape index (κ2) is 5.26. The summed E-state index contributed by atoms with van der Waals surface area (Å²) < 4.78 is 1.63. The molecule has 0 unspecified atom stereocenters. The van der Waals surface area contributed by atoms with Gasteiger partial charge in [0.15, 0.2) is 5.16 Å². The largest absolute Gasteiger partial charge is 0.384 e. The van der Waals surface area contributed by atoms with Crippen LogP contribution < -0.4 is 11.4 Å². The Morgan fingerprint density at radius 1 is 1.50 bits per heavy atom. The van der Waals surface area contributed by atoms with E-state index in [1.54, 1.807) is 16.8 Å². The number of pyridine rings is 1. The van der Waals surface area contributed by atoms with Crippen LogP contribution >= 0.6 is 11.8 Å². The maximum Gasteiger partial charge on any atom is 0.344 e. The zero-order chi connectivity index (χ0) is 13.1. The van der Waals surface area contributed by atoms with E-state index in [4.69, 9.17) is 5.73 Å². The van der Waals surface area contributed by atoms with Crippen molar-refractivity contribution >= 4 is 17.6 Å². The molecule has 0 aliphatic carbocycles. The van der Waals surface area contributed by atoms with Crippen LogP contribution in [0.1, 0.15) is 25.5 Å². The first-order valence-electron chi connectivity index (χ1n) is 5.58. The van der Waals surface area contributed by atoms with Gasteiger partial charge in [-0.1, -0.05) is 17.8 Å². The highest BCUT2D eigenvalue weighted by atomic mass is 32.2. The molecule has 0 aliphatic rings. The Morgan fingerprint density at radius 3 is 2.89 bits per heavy atom. The average Bonchev–Trinajstić information content (AvgIpc) is 2.70. The number of hydrogen-bond donors (Lipinski definition) is 2. The first kappa shape index (κ1) is 12.7. The summed E-state index contributed by atoms with van der Waals surface area (Å²) in [6, 6.07) is 3.76. The molecule has 2 rings (SSSR count). The number of nitrogen functional groups attached to an aromatic ring is 1. The van der Waals surface area contributed by atoms with Crippen LogP contribution in [0.2, 0.25) is 0 Å². The Hall–Kier alpha value is -1.76. The van der Waals surface area contributed by atoms with Crippen molar-refractivity contribution in [2.24, 2.45) is 0 Å². The quantitative estimate of drug-likeness (QED) is 0.816. The molecule has 2 aromatic rings. The molecule has 0 spiro atoms. The zero-order valence-electron chi connectivity index (χ0n) is 10.3. The molecule has 0 saturated carbocycles. The molecular weight excluding hydrogens is 250 g/mol. The average molecular weight is 265 g/mol. The summed E-state index contributed by atoms with van der Waals surface area (Å²) in [5.41, 5.74) is 6.38. The summed E-state index contributed by atoms with van der Waals surface area (Å²) in [4.78, 5) is 15.6. The number of nitrogens with zero attached hydrogens (tertiary/aromatic N) is 3. The van der Waals surface area contributed by atoms with Crippen molar-refractivity contribution in [3.05, 3.63) is 34.4 Å². The van der Waals surface area contributed by atoms with E-state index in [1.807, 2.05) is 19.9 Å². The minimum Gasteiger partial charge on any atom is -0.384 e. The van der Waals surface area contributed by atoms with Crippen LogP contribution in [0.4, 0.5) is 5.82 Å². The number of hydrogen-bond acceptors (Lipinski definition) is 5. The first-order valence-corrected chi connectivity index (χ1v) is 6.56. The van der Waals surface area contributed by atoms with Crippen molar-refractivity contribution in [2.45, 2.75) is 30.8 Å². The molecule has 0 fully saturated rings. The van der Waals surface area contributed by atoms with Gasteiger partial charge >= 0.3 is 5.69 Å². The van der Waals surface area contributed by atoms with Crippen LogP contribution in [0.5, 0.6) is 0 Å². The lowest BCUT2D eigenvalue weighted by atomic mass is 10.3. The number of thioether (sulfide) groups is 1. The van der Waals surface area contributed by atoms with E-state index in [2.05, 4.69) is 15.2 Å². The van der Waals surface area contributed by atoms with Gasteiger partial charge in [0.1, 0.15) is 5.82 Å². The number of aromatic amines is 1. The summed E-state index contributed by atoms with van der Waals surface area (Å²) in [6.45, 7) is 3.90. The number of nitrogens with one attached hydrogen (secondary N) is 1.